The van der Waals surface area contributed by atoms with Gasteiger partial charge in [0.05, 0.1) is 16.2 Å². The summed E-state index contributed by atoms with van der Waals surface area (Å²) >= 11 is 1.29. The lowest BCUT2D eigenvalue weighted by Crippen LogP contribution is -2.31. The van der Waals surface area contributed by atoms with E-state index in [1.807, 2.05) is 25.2 Å². The van der Waals surface area contributed by atoms with E-state index in [-0.39, 0.29) is 17.3 Å². The summed E-state index contributed by atoms with van der Waals surface area (Å²) in [6.45, 7) is 4.39. The average molecular weight is 479 g/mol. The molecule has 4 rings (SSSR count). The van der Waals surface area contributed by atoms with E-state index in [1.165, 1.54) is 29.2 Å². The summed E-state index contributed by atoms with van der Waals surface area (Å²) < 4.78 is 4.67. The van der Waals surface area contributed by atoms with Crippen molar-refractivity contribution in [2.45, 2.75) is 38.8 Å². The molecule has 0 amide bonds. The first kappa shape index (κ1) is 23.6. The van der Waals surface area contributed by atoms with Crippen LogP contribution in [0.4, 0.5) is 10.7 Å². The Morgan fingerprint density at radius 1 is 1.26 bits per heavy atom. The van der Waals surface area contributed by atoms with Crippen LogP contribution in [0.3, 0.4) is 0 Å². The van der Waals surface area contributed by atoms with Crippen molar-refractivity contribution >= 4 is 28.2 Å². The second-order valence-electron chi connectivity index (χ2n) is 8.58. The van der Waals surface area contributed by atoms with Gasteiger partial charge in [-0.3, -0.25) is 15.0 Å². The highest BCUT2D eigenvalue weighted by Crippen LogP contribution is 2.46. The molecule has 0 saturated heterocycles. The van der Waals surface area contributed by atoms with E-state index >= 15 is 0 Å². The van der Waals surface area contributed by atoms with E-state index < -0.39 is 16.8 Å². The van der Waals surface area contributed by atoms with Crippen molar-refractivity contribution in [2.75, 3.05) is 12.4 Å². The first-order valence-electron chi connectivity index (χ1n) is 10.9. The van der Waals surface area contributed by atoms with Crippen LogP contribution in [-0.4, -0.2) is 38.4 Å². The Kier molecular flexibility index (Phi) is 6.76. The molecule has 1 aliphatic rings. The van der Waals surface area contributed by atoms with Gasteiger partial charge in [0.15, 0.2) is 0 Å². The summed E-state index contributed by atoms with van der Waals surface area (Å²) in [5.74, 6) is -1.71. The Morgan fingerprint density at radius 2 is 2.00 bits per heavy atom. The normalized spacial score (nSPS) is 16.2. The third kappa shape index (κ3) is 4.71. The standard InChI is InChI=1S/C25H26N4O4S/c1-15(12-17-8-5-4-6-9-17)28(3)14-20-23-22(18-10-7-11-19(13-18)29(32)33)21(25(30)31)16(2)26-24(23)34-27-20/h4-11,13,15,22,26H,12,14H2,1-3H3,(H,30,31)/t15-,22?/m0/s1. The van der Waals surface area contributed by atoms with Gasteiger partial charge in [-0.05, 0) is 50.0 Å². The number of allylic oxidation sites excluding steroid dienone is 1. The Balaban J connectivity index is 1.70. The summed E-state index contributed by atoms with van der Waals surface area (Å²) in [5.41, 5.74) is 3.97. The number of anilines is 1. The number of nitro groups is 1. The third-order valence-corrected chi connectivity index (χ3v) is 7.07. The van der Waals surface area contributed by atoms with Gasteiger partial charge in [-0.2, -0.15) is 4.37 Å². The van der Waals surface area contributed by atoms with Crippen LogP contribution in [0.5, 0.6) is 0 Å². The summed E-state index contributed by atoms with van der Waals surface area (Å²) in [4.78, 5) is 25.4. The van der Waals surface area contributed by atoms with Crippen molar-refractivity contribution < 1.29 is 14.8 Å². The highest BCUT2D eigenvalue weighted by molar-refractivity contribution is 7.10. The number of non-ortho nitro benzene ring substituents is 1. The number of hydrogen-bond acceptors (Lipinski definition) is 7. The first-order valence-corrected chi connectivity index (χ1v) is 11.7. The number of nitrogens with one attached hydrogen (secondary N) is 1. The number of likely N-dealkylation sites (N-methyl/N-ethyl adjacent to an activating group) is 1. The fraction of sp³-hybridized carbons (Fsp3) is 0.280. The van der Waals surface area contributed by atoms with E-state index in [4.69, 9.17) is 0 Å². The van der Waals surface area contributed by atoms with Gasteiger partial charge >= 0.3 is 5.97 Å². The van der Waals surface area contributed by atoms with Crippen molar-refractivity contribution in [3.05, 3.63) is 98.4 Å². The Morgan fingerprint density at radius 3 is 2.68 bits per heavy atom. The number of carboxylic acid groups (broad SMARTS) is 1. The number of nitrogens with zero attached hydrogens (tertiary/aromatic N) is 3. The predicted molar refractivity (Wildman–Crippen MR) is 132 cm³/mol. The lowest BCUT2D eigenvalue weighted by molar-refractivity contribution is -0.384. The zero-order valence-electron chi connectivity index (χ0n) is 19.2. The average Bonchev–Trinajstić information content (AvgIpc) is 3.20. The largest absolute Gasteiger partial charge is 0.478 e. The maximum Gasteiger partial charge on any atom is 0.334 e. The van der Waals surface area contributed by atoms with Gasteiger partial charge in [-0.25, -0.2) is 4.79 Å². The van der Waals surface area contributed by atoms with E-state index in [2.05, 4.69) is 33.6 Å². The molecule has 2 aromatic carbocycles. The second kappa shape index (κ2) is 9.74. The summed E-state index contributed by atoms with van der Waals surface area (Å²) in [7, 11) is 2.02. The van der Waals surface area contributed by atoms with Gasteiger partial charge in [0, 0.05) is 41.9 Å². The number of hydrogen-bond donors (Lipinski definition) is 2. The zero-order chi connectivity index (χ0) is 24.4. The molecule has 8 nitrogen and oxygen atoms in total. The first-order chi connectivity index (χ1) is 16.3. The number of carboxylic acids is 1. The molecular formula is C25H26N4O4S. The van der Waals surface area contributed by atoms with Crippen molar-refractivity contribution in [1.29, 1.82) is 0 Å². The van der Waals surface area contributed by atoms with E-state index in [9.17, 15) is 20.0 Å². The molecule has 3 aromatic rings. The molecule has 2 heterocycles. The zero-order valence-corrected chi connectivity index (χ0v) is 20.0. The Bertz CT molecular complexity index is 1250. The van der Waals surface area contributed by atoms with Gasteiger partial charge in [-0.15, -0.1) is 0 Å². The fourth-order valence-electron chi connectivity index (χ4n) is 4.37. The quantitative estimate of drug-likeness (QED) is 0.345. The molecule has 34 heavy (non-hydrogen) atoms. The van der Waals surface area contributed by atoms with Crippen LogP contribution in [0.2, 0.25) is 0 Å². The van der Waals surface area contributed by atoms with Crippen molar-refractivity contribution in [3.63, 3.8) is 0 Å². The maximum absolute atomic E-state index is 12.3. The number of nitro benzene ring substituents is 1. The molecule has 9 heteroatoms. The molecule has 0 bridgehead atoms. The summed E-state index contributed by atoms with van der Waals surface area (Å²) in [5, 5.41) is 25.4. The van der Waals surface area contributed by atoms with Crippen LogP contribution in [-0.2, 0) is 17.8 Å². The lowest BCUT2D eigenvalue weighted by Gasteiger charge is -2.29. The molecule has 176 valence electrons. The molecule has 0 fully saturated rings. The van der Waals surface area contributed by atoms with Crippen LogP contribution < -0.4 is 5.32 Å². The molecule has 0 aliphatic carbocycles. The topological polar surface area (TPSA) is 109 Å². The lowest BCUT2D eigenvalue weighted by atomic mass is 9.81. The summed E-state index contributed by atoms with van der Waals surface area (Å²) in [6, 6.07) is 16.7. The number of fused-ring (bicyclic) bond motifs is 1. The number of aliphatic carboxylic acids is 1. The van der Waals surface area contributed by atoms with Crippen LogP contribution in [0.1, 0.15) is 42.1 Å². The molecule has 2 atom stereocenters. The molecule has 1 aliphatic heterocycles. The molecule has 1 aromatic heterocycles. The van der Waals surface area contributed by atoms with Crippen molar-refractivity contribution in [2.24, 2.45) is 0 Å². The Labute approximate surface area is 201 Å². The van der Waals surface area contributed by atoms with Gasteiger partial charge in [0.25, 0.3) is 5.69 Å². The Hall–Kier alpha value is -3.56. The van der Waals surface area contributed by atoms with Crippen LogP contribution >= 0.6 is 11.5 Å². The summed E-state index contributed by atoms with van der Waals surface area (Å²) in [6.07, 6.45) is 0.871. The molecular weight excluding hydrogens is 452 g/mol. The SMILES string of the molecule is CC1=C(C(=O)O)C(c2cccc([N+](=O)[O-])c2)c2c(CN(C)[C@@H](C)Cc3ccccc3)nsc2N1. The van der Waals surface area contributed by atoms with Gasteiger partial charge in [0.1, 0.15) is 5.00 Å². The monoisotopic (exact) mass is 478 g/mol. The minimum atomic E-state index is -1.06. The molecule has 0 spiro atoms. The molecule has 2 N–H and O–H groups in total. The second-order valence-corrected chi connectivity index (χ2v) is 9.35. The number of carbonyl (C=O) groups is 1. The third-order valence-electron chi connectivity index (χ3n) is 6.26. The van der Waals surface area contributed by atoms with Crippen molar-refractivity contribution in [3.8, 4) is 0 Å². The highest BCUT2D eigenvalue weighted by atomic mass is 32.1. The highest BCUT2D eigenvalue weighted by Gasteiger charge is 2.37. The fourth-order valence-corrected chi connectivity index (χ4v) is 5.26. The minimum Gasteiger partial charge on any atom is -0.478 e. The van der Waals surface area contributed by atoms with Crippen LogP contribution in [0.15, 0.2) is 65.9 Å². The number of aromatic nitrogens is 1. The van der Waals surface area contributed by atoms with Crippen LogP contribution in [0.25, 0.3) is 0 Å². The maximum atomic E-state index is 12.3. The number of rotatable bonds is 8. The smallest absolute Gasteiger partial charge is 0.334 e. The van der Waals surface area contributed by atoms with E-state index in [0.29, 0.717) is 17.8 Å². The number of benzene rings is 2. The van der Waals surface area contributed by atoms with Crippen LogP contribution in [0, 0.1) is 10.1 Å². The molecule has 1 unspecified atom stereocenters. The predicted octanol–water partition coefficient (Wildman–Crippen LogP) is 5.03. The molecule has 0 radical (unpaired) electrons. The van der Waals surface area contributed by atoms with Gasteiger partial charge in [-0.1, -0.05) is 42.5 Å². The van der Waals surface area contributed by atoms with Gasteiger partial charge in [0.2, 0.25) is 0 Å². The van der Waals surface area contributed by atoms with Gasteiger partial charge < -0.3 is 10.4 Å². The van der Waals surface area contributed by atoms with E-state index in [0.717, 1.165) is 22.7 Å². The minimum absolute atomic E-state index is 0.0710. The van der Waals surface area contributed by atoms with Crippen molar-refractivity contribution in [1.82, 2.24) is 9.27 Å². The van der Waals surface area contributed by atoms with E-state index in [1.54, 1.807) is 19.1 Å². The molecule has 0 saturated carbocycles.